The third kappa shape index (κ3) is 3.27. The summed E-state index contributed by atoms with van der Waals surface area (Å²) in [4.78, 5) is 2.36. The molecule has 0 N–H and O–H groups in total. The molecule has 1 saturated carbocycles. The van der Waals surface area contributed by atoms with Crippen LogP contribution >= 0.6 is 23.2 Å². The van der Waals surface area contributed by atoms with Gasteiger partial charge in [0.25, 0.3) is 0 Å². The Balaban J connectivity index is 2.29. The van der Waals surface area contributed by atoms with Crippen LogP contribution in [-0.4, -0.2) is 22.8 Å². The van der Waals surface area contributed by atoms with Crippen LogP contribution in [0, 0.1) is 5.92 Å². The molecule has 1 fully saturated rings. The fourth-order valence-corrected chi connectivity index (χ4v) is 2.94. The van der Waals surface area contributed by atoms with Gasteiger partial charge in [0.05, 0.1) is 5.69 Å². The SMILES string of the molecule is CC(C)CN(c1cc(Cl)nnc1Cl)C1CCCC1. The van der Waals surface area contributed by atoms with E-state index >= 15 is 0 Å². The summed E-state index contributed by atoms with van der Waals surface area (Å²) in [7, 11) is 0. The van der Waals surface area contributed by atoms with Gasteiger partial charge >= 0.3 is 0 Å². The number of hydrogen-bond donors (Lipinski definition) is 0. The minimum Gasteiger partial charge on any atom is -0.366 e. The van der Waals surface area contributed by atoms with E-state index in [9.17, 15) is 0 Å². The van der Waals surface area contributed by atoms with Crippen LogP contribution in [0.4, 0.5) is 5.69 Å². The van der Waals surface area contributed by atoms with Crippen molar-refractivity contribution < 1.29 is 0 Å². The van der Waals surface area contributed by atoms with Crippen molar-refractivity contribution in [2.75, 3.05) is 11.4 Å². The third-order valence-electron chi connectivity index (χ3n) is 3.34. The maximum atomic E-state index is 6.18. The first-order valence-corrected chi connectivity index (χ1v) is 7.29. The summed E-state index contributed by atoms with van der Waals surface area (Å²) in [6, 6.07) is 2.39. The summed E-state index contributed by atoms with van der Waals surface area (Å²) in [5.41, 5.74) is 0.928. The summed E-state index contributed by atoms with van der Waals surface area (Å²) in [5.74, 6) is 0.577. The van der Waals surface area contributed by atoms with Gasteiger partial charge in [0.15, 0.2) is 10.3 Å². The van der Waals surface area contributed by atoms with Crippen LogP contribution in [0.5, 0.6) is 0 Å². The van der Waals surface area contributed by atoms with Gasteiger partial charge in [-0.05, 0) is 18.8 Å². The first-order valence-electron chi connectivity index (χ1n) is 6.53. The van der Waals surface area contributed by atoms with Gasteiger partial charge in [0.2, 0.25) is 0 Å². The largest absolute Gasteiger partial charge is 0.366 e. The lowest BCUT2D eigenvalue weighted by Crippen LogP contribution is -2.36. The quantitative estimate of drug-likeness (QED) is 0.832. The van der Waals surface area contributed by atoms with E-state index in [2.05, 4.69) is 28.9 Å². The highest BCUT2D eigenvalue weighted by molar-refractivity contribution is 6.33. The number of nitrogens with zero attached hydrogens (tertiary/aromatic N) is 3. The lowest BCUT2D eigenvalue weighted by atomic mass is 10.1. The molecule has 0 spiro atoms. The molecule has 100 valence electrons. The van der Waals surface area contributed by atoms with Gasteiger partial charge in [0, 0.05) is 18.7 Å². The fourth-order valence-electron chi connectivity index (χ4n) is 2.60. The zero-order chi connectivity index (χ0) is 13.1. The molecule has 0 aromatic carbocycles. The summed E-state index contributed by atoms with van der Waals surface area (Å²) in [6.07, 6.45) is 5.04. The molecular weight excluding hydrogens is 269 g/mol. The molecule has 0 atom stereocenters. The van der Waals surface area contributed by atoms with E-state index in [0.29, 0.717) is 22.3 Å². The standard InChI is InChI=1S/C13H19Cl2N3/c1-9(2)8-18(10-5-3-4-6-10)11-7-12(14)16-17-13(11)15/h7,9-10H,3-6,8H2,1-2H3. The van der Waals surface area contributed by atoms with E-state index in [4.69, 9.17) is 23.2 Å². The number of anilines is 1. The summed E-state index contributed by atoms with van der Waals surface area (Å²) in [5, 5.41) is 8.56. The summed E-state index contributed by atoms with van der Waals surface area (Å²) < 4.78 is 0. The van der Waals surface area contributed by atoms with Crippen molar-refractivity contribution in [3.8, 4) is 0 Å². The molecule has 5 heteroatoms. The monoisotopic (exact) mass is 287 g/mol. The molecule has 0 aliphatic heterocycles. The molecule has 1 aliphatic rings. The minimum absolute atomic E-state index is 0.404. The normalized spacial score (nSPS) is 16.5. The summed E-state index contributed by atoms with van der Waals surface area (Å²) >= 11 is 12.1. The molecule has 0 radical (unpaired) electrons. The molecular formula is C13H19Cl2N3. The van der Waals surface area contributed by atoms with E-state index in [1.807, 2.05) is 6.07 Å². The Morgan fingerprint density at radius 3 is 2.56 bits per heavy atom. The molecule has 0 unspecified atom stereocenters. The summed E-state index contributed by atoms with van der Waals surface area (Å²) in [6.45, 7) is 5.41. The first-order chi connectivity index (χ1) is 8.58. The van der Waals surface area contributed by atoms with Crippen molar-refractivity contribution in [3.63, 3.8) is 0 Å². The van der Waals surface area contributed by atoms with Crippen LogP contribution in [-0.2, 0) is 0 Å². The second kappa shape index (κ2) is 6.07. The molecule has 18 heavy (non-hydrogen) atoms. The van der Waals surface area contributed by atoms with E-state index in [-0.39, 0.29) is 0 Å². The van der Waals surface area contributed by atoms with Gasteiger partial charge in [-0.25, -0.2) is 0 Å². The van der Waals surface area contributed by atoms with Gasteiger partial charge < -0.3 is 4.90 Å². The van der Waals surface area contributed by atoms with E-state index < -0.39 is 0 Å². The Morgan fingerprint density at radius 2 is 1.94 bits per heavy atom. The van der Waals surface area contributed by atoms with E-state index in [1.165, 1.54) is 25.7 Å². The average molecular weight is 288 g/mol. The van der Waals surface area contributed by atoms with Gasteiger partial charge in [-0.15, -0.1) is 10.2 Å². The number of rotatable bonds is 4. The Kier molecular flexibility index (Phi) is 4.68. The lowest BCUT2D eigenvalue weighted by molar-refractivity contribution is 0.535. The van der Waals surface area contributed by atoms with Gasteiger partial charge in [-0.3, -0.25) is 0 Å². The maximum absolute atomic E-state index is 6.18. The number of halogens is 2. The second-order valence-corrected chi connectivity index (χ2v) is 6.07. The second-order valence-electron chi connectivity index (χ2n) is 5.33. The highest BCUT2D eigenvalue weighted by atomic mass is 35.5. The Bertz CT molecular complexity index is 403. The van der Waals surface area contributed by atoms with Crippen molar-refractivity contribution in [1.29, 1.82) is 0 Å². The zero-order valence-electron chi connectivity index (χ0n) is 10.9. The van der Waals surface area contributed by atoms with Gasteiger partial charge in [-0.1, -0.05) is 49.9 Å². The van der Waals surface area contributed by atoms with Crippen molar-refractivity contribution >= 4 is 28.9 Å². The van der Waals surface area contributed by atoms with E-state index in [0.717, 1.165) is 12.2 Å². The molecule has 0 saturated heterocycles. The van der Waals surface area contributed by atoms with E-state index in [1.54, 1.807) is 0 Å². The Labute approximate surface area is 118 Å². The lowest BCUT2D eigenvalue weighted by Gasteiger charge is -2.32. The van der Waals surface area contributed by atoms with Crippen LogP contribution in [0.25, 0.3) is 0 Å². The first kappa shape index (κ1) is 13.9. The third-order valence-corrected chi connectivity index (χ3v) is 3.79. The van der Waals surface area contributed by atoms with Crippen LogP contribution in [0.2, 0.25) is 10.3 Å². The van der Waals surface area contributed by atoms with Crippen LogP contribution < -0.4 is 4.90 Å². The highest BCUT2D eigenvalue weighted by Crippen LogP contribution is 2.33. The van der Waals surface area contributed by atoms with Crippen molar-refractivity contribution in [2.24, 2.45) is 5.92 Å². The molecule has 1 aliphatic carbocycles. The molecule has 0 bridgehead atoms. The van der Waals surface area contributed by atoms with Crippen molar-refractivity contribution in [3.05, 3.63) is 16.4 Å². The molecule has 2 rings (SSSR count). The van der Waals surface area contributed by atoms with Crippen LogP contribution in [0.1, 0.15) is 39.5 Å². The molecule has 1 aromatic rings. The predicted molar refractivity (Wildman–Crippen MR) is 76.5 cm³/mol. The zero-order valence-corrected chi connectivity index (χ0v) is 12.4. The Morgan fingerprint density at radius 1 is 1.28 bits per heavy atom. The average Bonchev–Trinajstić information content (AvgIpc) is 2.82. The predicted octanol–water partition coefficient (Wildman–Crippen LogP) is 4.19. The number of hydrogen-bond acceptors (Lipinski definition) is 3. The smallest absolute Gasteiger partial charge is 0.175 e. The van der Waals surface area contributed by atoms with Gasteiger partial charge in [0.1, 0.15) is 0 Å². The fraction of sp³-hybridized carbons (Fsp3) is 0.692. The Hall–Kier alpha value is -0.540. The highest BCUT2D eigenvalue weighted by Gasteiger charge is 2.25. The molecule has 1 aromatic heterocycles. The van der Waals surface area contributed by atoms with Crippen molar-refractivity contribution in [2.45, 2.75) is 45.6 Å². The van der Waals surface area contributed by atoms with Crippen molar-refractivity contribution in [1.82, 2.24) is 10.2 Å². The maximum Gasteiger partial charge on any atom is 0.175 e. The molecule has 1 heterocycles. The minimum atomic E-state index is 0.404. The van der Waals surface area contributed by atoms with Gasteiger partial charge in [-0.2, -0.15) is 0 Å². The topological polar surface area (TPSA) is 29.0 Å². The number of aromatic nitrogens is 2. The molecule has 3 nitrogen and oxygen atoms in total. The van der Waals surface area contributed by atoms with Crippen LogP contribution in [0.3, 0.4) is 0 Å². The van der Waals surface area contributed by atoms with Crippen LogP contribution in [0.15, 0.2) is 6.07 Å². The molecule has 0 amide bonds.